The molecule has 0 bridgehead atoms. The van der Waals surface area contributed by atoms with Gasteiger partial charge in [-0.3, -0.25) is 0 Å². The second kappa shape index (κ2) is 5.90. The second-order valence-corrected chi connectivity index (χ2v) is 8.55. The van der Waals surface area contributed by atoms with Crippen LogP contribution in [-0.2, 0) is 0 Å². The Kier molecular flexibility index (Phi) is 4.35. The highest BCUT2D eigenvalue weighted by molar-refractivity contribution is 7.99. The molecule has 110 valence electrons. The van der Waals surface area contributed by atoms with E-state index in [-0.39, 0.29) is 0 Å². The van der Waals surface area contributed by atoms with E-state index in [2.05, 4.69) is 31.3 Å². The van der Waals surface area contributed by atoms with Gasteiger partial charge in [-0.15, -0.1) is 11.8 Å². The van der Waals surface area contributed by atoms with Gasteiger partial charge in [0, 0.05) is 22.0 Å². The molecule has 1 N–H and O–H groups in total. The topological polar surface area (TPSA) is 12.0 Å². The number of hydrogen-bond acceptors (Lipinski definition) is 2. The molecule has 3 heteroatoms. The van der Waals surface area contributed by atoms with Gasteiger partial charge in [0.05, 0.1) is 0 Å². The number of nitrogens with one attached hydrogen (secondary N) is 1. The Labute approximate surface area is 131 Å². The average Bonchev–Trinajstić information content (AvgIpc) is 2.42. The lowest BCUT2D eigenvalue weighted by Gasteiger charge is -2.37. The largest absolute Gasteiger partial charge is 0.307 e. The molecule has 1 unspecified atom stereocenters. The van der Waals surface area contributed by atoms with Crippen LogP contribution < -0.4 is 5.32 Å². The third-order valence-corrected chi connectivity index (χ3v) is 6.15. The predicted molar refractivity (Wildman–Crippen MR) is 88.7 cm³/mol. The van der Waals surface area contributed by atoms with Crippen LogP contribution in [0.4, 0.5) is 0 Å². The highest BCUT2D eigenvalue weighted by Gasteiger charge is 2.29. The molecule has 0 spiro atoms. The first-order valence-corrected chi connectivity index (χ1v) is 9.08. The summed E-state index contributed by atoms with van der Waals surface area (Å²) < 4.78 is 0. The Hall–Kier alpha value is -0.180. The maximum Gasteiger partial charge on any atom is 0.0410 e. The summed E-state index contributed by atoms with van der Waals surface area (Å²) in [6.45, 7) is 4.80. The molecule has 2 aliphatic rings. The van der Waals surface area contributed by atoms with Crippen LogP contribution in [0.5, 0.6) is 0 Å². The van der Waals surface area contributed by atoms with Crippen LogP contribution in [0.2, 0.25) is 5.02 Å². The molecular weight excluding hydrogens is 286 g/mol. The lowest BCUT2D eigenvalue weighted by atomic mass is 9.75. The first-order valence-electron chi connectivity index (χ1n) is 7.72. The predicted octanol–water partition coefficient (Wildman–Crippen LogP) is 5.44. The van der Waals surface area contributed by atoms with Gasteiger partial charge in [0.1, 0.15) is 0 Å². The number of thioether (sulfide) groups is 1. The van der Waals surface area contributed by atoms with Crippen LogP contribution in [-0.4, -0.2) is 11.8 Å². The molecule has 1 aromatic carbocycles. The van der Waals surface area contributed by atoms with E-state index in [4.69, 9.17) is 11.6 Å². The van der Waals surface area contributed by atoms with Crippen LogP contribution in [0.1, 0.15) is 57.6 Å². The van der Waals surface area contributed by atoms with Crippen molar-refractivity contribution in [3.05, 3.63) is 28.8 Å². The number of rotatable bonds is 2. The van der Waals surface area contributed by atoms with Crippen LogP contribution in [0.25, 0.3) is 0 Å². The molecule has 1 aliphatic heterocycles. The zero-order valence-electron chi connectivity index (χ0n) is 12.4. The summed E-state index contributed by atoms with van der Waals surface area (Å²) in [5.74, 6) is 1.21. The highest BCUT2D eigenvalue weighted by Crippen LogP contribution is 2.40. The molecule has 1 saturated carbocycles. The van der Waals surface area contributed by atoms with Gasteiger partial charge in [0.2, 0.25) is 0 Å². The summed E-state index contributed by atoms with van der Waals surface area (Å²) in [6.07, 6.45) is 6.53. The van der Waals surface area contributed by atoms with Crippen molar-refractivity contribution in [2.45, 2.75) is 62.9 Å². The number of fused-ring (bicyclic) bond motifs is 1. The SMILES string of the molecule is CC1(C)CCC(NC2CCSc3ccc(Cl)cc32)CC1. The van der Waals surface area contributed by atoms with E-state index in [1.165, 1.54) is 48.3 Å². The van der Waals surface area contributed by atoms with Gasteiger partial charge in [-0.1, -0.05) is 25.4 Å². The lowest BCUT2D eigenvalue weighted by molar-refractivity contribution is 0.197. The zero-order valence-corrected chi connectivity index (χ0v) is 14.0. The first-order chi connectivity index (χ1) is 9.53. The van der Waals surface area contributed by atoms with Crippen molar-refractivity contribution in [3.63, 3.8) is 0 Å². The molecule has 1 heterocycles. The van der Waals surface area contributed by atoms with Crippen molar-refractivity contribution >= 4 is 23.4 Å². The molecule has 1 nitrogen and oxygen atoms in total. The number of halogens is 1. The Morgan fingerprint density at radius 3 is 2.70 bits per heavy atom. The van der Waals surface area contributed by atoms with Crippen molar-refractivity contribution in [3.8, 4) is 0 Å². The van der Waals surface area contributed by atoms with Crippen molar-refractivity contribution < 1.29 is 0 Å². The normalized spacial score (nSPS) is 26.2. The van der Waals surface area contributed by atoms with Crippen molar-refractivity contribution in [2.24, 2.45) is 5.41 Å². The van der Waals surface area contributed by atoms with E-state index in [0.717, 1.165) is 5.02 Å². The fourth-order valence-electron chi connectivity index (χ4n) is 3.39. The van der Waals surface area contributed by atoms with Crippen molar-refractivity contribution in [1.82, 2.24) is 5.32 Å². The molecule has 0 saturated heterocycles. The van der Waals surface area contributed by atoms with Crippen LogP contribution in [0, 0.1) is 5.41 Å². The fraction of sp³-hybridized carbons (Fsp3) is 0.647. The summed E-state index contributed by atoms with van der Waals surface area (Å²) in [6, 6.07) is 7.53. The lowest BCUT2D eigenvalue weighted by Crippen LogP contribution is -2.38. The molecule has 0 radical (unpaired) electrons. The molecule has 0 aromatic heterocycles. The molecule has 1 aromatic rings. The minimum Gasteiger partial charge on any atom is -0.307 e. The van der Waals surface area contributed by atoms with Crippen molar-refractivity contribution in [2.75, 3.05) is 5.75 Å². The van der Waals surface area contributed by atoms with E-state index in [0.29, 0.717) is 17.5 Å². The quantitative estimate of drug-likeness (QED) is 0.781. The van der Waals surface area contributed by atoms with Crippen LogP contribution in [0.3, 0.4) is 0 Å². The molecule has 3 rings (SSSR count). The van der Waals surface area contributed by atoms with Crippen LogP contribution >= 0.6 is 23.4 Å². The standard InChI is InChI=1S/C17H24ClNS/c1-17(2)8-5-13(6-9-17)19-15-7-10-20-16-4-3-12(18)11-14(15)16/h3-4,11,13,15,19H,5-10H2,1-2H3. The minimum atomic E-state index is 0.496. The van der Waals surface area contributed by atoms with Gasteiger partial charge in [0.25, 0.3) is 0 Å². The monoisotopic (exact) mass is 309 g/mol. The van der Waals surface area contributed by atoms with Gasteiger partial charge in [0.15, 0.2) is 0 Å². The second-order valence-electron chi connectivity index (χ2n) is 6.98. The third kappa shape index (κ3) is 3.35. The maximum atomic E-state index is 6.19. The Morgan fingerprint density at radius 1 is 1.20 bits per heavy atom. The van der Waals surface area contributed by atoms with Gasteiger partial charge >= 0.3 is 0 Å². The van der Waals surface area contributed by atoms with E-state index in [1.54, 1.807) is 0 Å². The molecule has 20 heavy (non-hydrogen) atoms. The fourth-order valence-corrected chi connectivity index (χ4v) is 4.68. The van der Waals surface area contributed by atoms with E-state index in [1.807, 2.05) is 17.8 Å². The Bertz CT molecular complexity index is 476. The minimum absolute atomic E-state index is 0.496. The van der Waals surface area contributed by atoms with Gasteiger partial charge in [-0.25, -0.2) is 0 Å². The molecule has 1 atom stereocenters. The number of benzene rings is 1. The van der Waals surface area contributed by atoms with Gasteiger partial charge in [-0.05, 0) is 67.0 Å². The summed E-state index contributed by atoms with van der Waals surface area (Å²) >= 11 is 8.15. The highest BCUT2D eigenvalue weighted by atomic mass is 35.5. The van der Waals surface area contributed by atoms with E-state index < -0.39 is 0 Å². The summed E-state index contributed by atoms with van der Waals surface area (Å²) in [4.78, 5) is 1.41. The zero-order chi connectivity index (χ0) is 14.2. The summed E-state index contributed by atoms with van der Waals surface area (Å²) in [5, 5.41) is 4.77. The molecule has 1 fully saturated rings. The Morgan fingerprint density at radius 2 is 1.95 bits per heavy atom. The molecule has 1 aliphatic carbocycles. The smallest absolute Gasteiger partial charge is 0.0410 e. The van der Waals surface area contributed by atoms with Gasteiger partial charge < -0.3 is 5.32 Å². The van der Waals surface area contributed by atoms with Crippen LogP contribution in [0.15, 0.2) is 23.1 Å². The van der Waals surface area contributed by atoms with E-state index >= 15 is 0 Å². The van der Waals surface area contributed by atoms with Crippen molar-refractivity contribution in [1.29, 1.82) is 0 Å². The number of hydrogen-bond donors (Lipinski definition) is 1. The summed E-state index contributed by atoms with van der Waals surface area (Å²) in [5.41, 5.74) is 1.96. The van der Waals surface area contributed by atoms with Gasteiger partial charge in [-0.2, -0.15) is 0 Å². The Balaban J connectivity index is 1.69. The molecule has 0 amide bonds. The third-order valence-electron chi connectivity index (χ3n) is 4.79. The maximum absolute atomic E-state index is 6.19. The molecular formula is C17H24ClNS. The summed E-state index contributed by atoms with van der Waals surface area (Å²) in [7, 11) is 0. The van der Waals surface area contributed by atoms with E-state index in [9.17, 15) is 0 Å². The average molecular weight is 310 g/mol. The first kappa shape index (κ1) is 14.7.